The van der Waals surface area contributed by atoms with Crippen molar-refractivity contribution in [1.29, 1.82) is 0 Å². The molecule has 70 valence electrons. The summed E-state index contributed by atoms with van der Waals surface area (Å²) in [6.45, 7) is 1.16. The quantitative estimate of drug-likeness (QED) is 0.736. The maximum absolute atomic E-state index is 4.22. The van der Waals surface area contributed by atoms with Crippen LogP contribution in [0, 0.1) is 0 Å². The predicted octanol–water partition coefficient (Wildman–Crippen LogP) is 1.16. The van der Waals surface area contributed by atoms with Gasteiger partial charge in [0.2, 0.25) is 0 Å². The van der Waals surface area contributed by atoms with Gasteiger partial charge in [-0.2, -0.15) is 0 Å². The maximum Gasteiger partial charge on any atom is 0.115 e. The number of nitrogens with zero attached hydrogens (tertiary/aromatic N) is 2. The molecule has 0 saturated carbocycles. The van der Waals surface area contributed by atoms with E-state index >= 15 is 0 Å². The Morgan fingerprint density at radius 1 is 1.46 bits per heavy atom. The van der Waals surface area contributed by atoms with Gasteiger partial charge < -0.3 is 5.32 Å². The minimum Gasteiger partial charge on any atom is -0.314 e. The molecule has 0 spiro atoms. The van der Waals surface area contributed by atoms with E-state index in [0.29, 0.717) is 6.04 Å². The first-order valence-corrected chi connectivity index (χ1v) is 4.93. The van der Waals surface area contributed by atoms with Crippen molar-refractivity contribution in [2.75, 3.05) is 6.54 Å². The van der Waals surface area contributed by atoms with E-state index in [0.717, 1.165) is 18.7 Å². The minimum atomic E-state index is 0.628. The van der Waals surface area contributed by atoms with Gasteiger partial charge in [0.05, 0.1) is 0 Å². The second-order valence-corrected chi connectivity index (χ2v) is 3.55. The Morgan fingerprint density at radius 2 is 2.46 bits per heavy atom. The highest BCUT2D eigenvalue weighted by Crippen LogP contribution is 2.10. The molecule has 1 unspecified atom stereocenters. The molecule has 0 bridgehead atoms. The zero-order valence-corrected chi connectivity index (χ0v) is 7.74. The van der Waals surface area contributed by atoms with E-state index in [2.05, 4.69) is 15.3 Å². The number of aromatic nitrogens is 2. The van der Waals surface area contributed by atoms with Crippen LogP contribution in [-0.4, -0.2) is 22.6 Å². The van der Waals surface area contributed by atoms with E-state index in [1.54, 1.807) is 6.33 Å². The molecule has 1 atom stereocenters. The number of nitrogens with one attached hydrogen (secondary N) is 1. The van der Waals surface area contributed by atoms with Crippen LogP contribution < -0.4 is 5.32 Å². The number of rotatable bonds is 2. The van der Waals surface area contributed by atoms with Crippen molar-refractivity contribution >= 4 is 0 Å². The van der Waals surface area contributed by atoms with Gasteiger partial charge in [-0.15, -0.1) is 0 Å². The van der Waals surface area contributed by atoms with Crippen molar-refractivity contribution in [3.05, 3.63) is 24.3 Å². The lowest BCUT2D eigenvalue weighted by Crippen LogP contribution is -2.35. The van der Waals surface area contributed by atoms with Crippen molar-refractivity contribution in [1.82, 2.24) is 15.3 Å². The Hall–Kier alpha value is -0.960. The number of hydrogen-bond donors (Lipinski definition) is 1. The SMILES string of the molecule is c1cc(CC2CCCCN2)ncn1. The van der Waals surface area contributed by atoms with Gasteiger partial charge in [-0.25, -0.2) is 9.97 Å². The molecular formula is C10H15N3. The summed E-state index contributed by atoms with van der Waals surface area (Å²) >= 11 is 0. The molecule has 1 N–H and O–H groups in total. The van der Waals surface area contributed by atoms with Gasteiger partial charge in [0, 0.05) is 24.4 Å². The topological polar surface area (TPSA) is 37.8 Å². The molecule has 1 aromatic rings. The van der Waals surface area contributed by atoms with E-state index < -0.39 is 0 Å². The summed E-state index contributed by atoms with van der Waals surface area (Å²) in [5, 5.41) is 3.51. The van der Waals surface area contributed by atoms with Crippen LogP contribution in [0.4, 0.5) is 0 Å². The van der Waals surface area contributed by atoms with E-state index in [9.17, 15) is 0 Å². The minimum absolute atomic E-state index is 0.628. The first-order chi connectivity index (χ1) is 6.45. The molecule has 1 aromatic heterocycles. The largest absolute Gasteiger partial charge is 0.314 e. The molecule has 1 saturated heterocycles. The average molecular weight is 177 g/mol. The fourth-order valence-corrected chi connectivity index (χ4v) is 1.79. The number of piperidine rings is 1. The molecule has 1 aliphatic rings. The van der Waals surface area contributed by atoms with E-state index in [1.165, 1.54) is 19.3 Å². The standard InChI is InChI=1S/C10H15N3/c1-2-5-12-9(3-1)7-10-4-6-11-8-13-10/h4,6,8-9,12H,1-3,5,7H2. The van der Waals surface area contributed by atoms with Gasteiger partial charge in [-0.3, -0.25) is 0 Å². The number of hydrogen-bond acceptors (Lipinski definition) is 3. The van der Waals surface area contributed by atoms with Gasteiger partial charge in [-0.05, 0) is 25.5 Å². The van der Waals surface area contributed by atoms with Crippen LogP contribution in [0.5, 0.6) is 0 Å². The predicted molar refractivity (Wildman–Crippen MR) is 51.4 cm³/mol. The van der Waals surface area contributed by atoms with Crippen molar-refractivity contribution in [2.24, 2.45) is 0 Å². The summed E-state index contributed by atoms with van der Waals surface area (Å²) in [6, 6.07) is 2.62. The maximum atomic E-state index is 4.22. The van der Waals surface area contributed by atoms with E-state index in [-0.39, 0.29) is 0 Å². The van der Waals surface area contributed by atoms with Crippen LogP contribution in [0.1, 0.15) is 25.0 Å². The highest BCUT2D eigenvalue weighted by Gasteiger charge is 2.12. The third kappa shape index (κ3) is 2.49. The average Bonchev–Trinajstić information content (AvgIpc) is 2.21. The molecule has 1 aliphatic heterocycles. The highest BCUT2D eigenvalue weighted by atomic mass is 14.9. The Labute approximate surface area is 78.6 Å². The fourth-order valence-electron chi connectivity index (χ4n) is 1.79. The van der Waals surface area contributed by atoms with Crippen LogP contribution in [0.25, 0.3) is 0 Å². The first kappa shape index (κ1) is 8.63. The van der Waals surface area contributed by atoms with Crippen molar-refractivity contribution in [3.8, 4) is 0 Å². The van der Waals surface area contributed by atoms with E-state index in [1.807, 2.05) is 12.3 Å². The monoisotopic (exact) mass is 177 g/mol. The summed E-state index contributed by atoms with van der Waals surface area (Å²) in [7, 11) is 0. The van der Waals surface area contributed by atoms with Gasteiger partial charge in [0.25, 0.3) is 0 Å². The third-order valence-corrected chi connectivity index (χ3v) is 2.51. The molecular weight excluding hydrogens is 162 g/mol. The van der Waals surface area contributed by atoms with Crippen molar-refractivity contribution in [3.63, 3.8) is 0 Å². The molecule has 3 nitrogen and oxygen atoms in total. The molecule has 3 heteroatoms. The van der Waals surface area contributed by atoms with Crippen molar-refractivity contribution in [2.45, 2.75) is 31.7 Å². The second-order valence-electron chi connectivity index (χ2n) is 3.55. The zero-order valence-electron chi connectivity index (χ0n) is 7.74. The molecule has 0 radical (unpaired) electrons. The molecule has 1 fully saturated rings. The summed E-state index contributed by atoms with van der Waals surface area (Å²) in [4.78, 5) is 8.13. The summed E-state index contributed by atoms with van der Waals surface area (Å²) in [5.74, 6) is 0. The van der Waals surface area contributed by atoms with Gasteiger partial charge in [0.15, 0.2) is 0 Å². The molecule has 0 aromatic carbocycles. The fraction of sp³-hybridized carbons (Fsp3) is 0.600. The molecule has 2 heterocycles. The Balaban J connectivity index is 1.90. The smallest absolute Gasteiger partial charge is 0.115 e. The van der Waals surface area contributed by atoms with Gasteiger partial charge in [0.1, 0.15) is 6.33 Å². The Morgan fingerprint density at radius 3 is 3.15 bits per heavy atom. The van der Waals surface area contributed by atoms with E-state index in [4.69, 9.17) is 0 Å². The van der Waals surface area contributed by atoms with Crippen LogP contribution in [0.2, 0.25) is 0 Å². The molecule has 0 aliphatic carbocycles. The van der Waals surface area contributed by atoms with Gasteiger partial charge >= 0.3 is 0 Å². The first-order valence-electron chi connectivity index (χ1n) is 4.93. The third-order valence-electron chi connectivity index (χ3n) is 2.51. The molecule has 0 amide bonds. The van der Waals surface area contributed by atoms with Crippen LogP contribution in [-0.2, 0) is 6.42 Å². The summed E-state index contributed by atoms with van der Waals surface area (Å²) in [5.41, 5.74) is 1.15. The van der Waals surface area contributed by atoms with Crippen LogP contribution >= 0.6 is 0 Å². The Kier molecular flexibility index (Phi) is 2.87. The molecule has 2 rings (SSSR count). The van der Waals surface area contributed by atoms with Crippen molar-refractivity contribution < 1.29 is 0 Å². The normalized spacial score (nSPS) is 22.9. The van der Waals surface area contributed by atoms with Gasteiger partial charge in [-0.1, -0.05) is 6.42 Å². The van der Waals surface area contributed by atoms with Crippen LogP contribution in [0.15, 0.2) is 18.6 Å². The molecule has 13 heavy (non-hydrogen) atoms. The lowest BCUT2D eigenvalue weighted by atomic mass is 10.0. The lowest BCUT2D eigenvalue weighted by molar-refractivity contribution is 0.397. The van der Waals surface area contributed by atoms with Crippen LogP contribution in [0.3, 0.4) is 0 Å². The lowest BCUT2D eigenvalue weighted by Gasteiger charge is -2.22. The summed E-state index contributed by atoms with van der Waals surface area (Å²) < 4.78 is 0. The zero-order chi connectivity index (χ0) is 8.93. The highest BCUT2D eigenvalue weighted by molar-refractivity contribution is 5.00. The second kappa shape index (κ2) is 4.33. The summed E-state index contributed by atoms with van der Waals surface area (Å²) in [6.07, 6.45) is 8.43. The Bertz CT molecular complexity index is 242.